The summed E-state index contributed by atoms with van der Waals surface area (Å²) in [5.74, 6) is -5.51. The van der Waals surface area contributed by atoms with Crippen LogP contribution in [0.4, 0.5) is 0 Å². The van der Waals surface area contributed by atoms with Gasteiger partial charge in [-0.2, -0.15) is 0 Å². The van der Waals surface area contributed by atoms with E-state index in [-0.39, 0.29) is 64.5 Å². The second kappa shape index (κ2) is 9.41. The van der Waals surface area contributed by atoms with Gasteiger partial charge >= 0.3 is 5.97 Å². The zero-order chi connectivity index (χ0) is 26.6. The Kier molecular flexibility index (Phi) is 6.39. The number of carboxylic acid groups (broad SMARTS) is 1. The number of rotatable bonds is 6. The summed E-state index contributed by atoms with van der Waals surface area (Å²) in [6, 6.07) is 4.95. The molecule has 9 nitrogen and oxygen atoms in total. The molecule has 4 aliphatic rings. The lowest BCUT2D eigenvalue weighted by Crippen LogP contribution is -2.39. The summed E-state index contributed by atoms with van der Waals surface area (Å²) in [6.07, 6.45) is 3.02. The number of carbonyl (C=O) groups is 5. The second-order valence-corrected chi connectivity index (χ2v) is 10.3. The zero-order valence-electron chi connectivity index (χ0n) is 19.9. The number of para-hydroxylation sites is 1. The smallest absolute Gasteiger partial charge is 0.305 e. The lowest BCUT2D eigenvalue weighted by Gasteiger charge is -2.42. The second-order valence-electron chi connectivity index (χ2n) is 9.49. The molecule has 1 aromatic rings. The summed E-state index contributed by atoms with van der Waals surface area (Å²) < 4.78 is 5.67. The molecule has 3 aliphatic carbocycles. The quantitative estimate of drug-likeness (QED) is 0.303. The molecule has 5 rings (SSSR count). The SMILES string of the molecule is CCOc1cccc([C@H]2C3=CC[C@@H]4C(=O)N(CCC(=O)O)C(=O)[C@@H]4[C@@H]3CC3=C2C(=O)C=C(Br)C3=O)c1O. The number of halogens is 1. The molecule has 0 radical (unpaired) electrons. The summed E-state index contributed by atoms with van der Waals surface area (Å²) in [6.45, 7) is 1.86. The van der Waals surface area contributed by atoms with E-state index in [0.717, 1.165) is 4.90 Å². The molecule has 0 saturated carbocycles. The first kappa shape index (κ1) is 25.1. The van der Waals surface area contributed by atoms with Crippen molar-refractivity contribution in [1.82, 2.24) is 4.90 Å². The van der Waals surface area contributed by atoms with Crippen molar-refractivity contribution in [2.75, 3.05) is 13.2 Å². The molecule has 1 saturated heterocycles. The van der Waals surface area contributed by atoms with E-state index >= 15 is 0 Å². The first-order valence-corrected chi connectivity index (χ1v) is 12.9. The molecule has 0 spiro atoms. The predicted octanol–water partition coefficient (Wildman–Crippen LogP) is 3.03. The number of imide groups is 1. The van der Waals surface area contributed by atoms with Gasteiger partial charge in [0.15, 0.2) is 23.1 Å². The standard InChI is InChI=1S/C27H24BrNO8/c1-2-37-19-5-3-4-13(25(19)34)21-12-6-7-14-22(27(36)29(26(14)35)9-8-20(31)32)15(12)10-16-23(21)18(30)11-17(28)24(16)33/h3-6,11,14-15,21-22,34H,2,7-10H2,1H3,(H,31,32)/t14-,15+,21+,22-/m0/s1. The average molecular weight is 570 g/mol. The number of hydrogen-bond donors (Lipinski definition) is 2. The van der Waals surface area contributed by atoms with E-state index < -0.39 is 41.5 Å². The van der Waals surface area contributed by atoms with Crippen LogP contribution in [0.3, 0.4) is 0 Å². The highest BCUT2D eigenvalue weighted by molar-refractivity contribution is 9.12. The van der Waals surface area contributed by atoms with Crippen LogP contribution in [0.1, 0.15) is 37.7 Å². The molecule has 0 unspecified atom stereocenters. The number of aromatic hydroxyl groups is 1. The monoisotopic (exact) mass is 569 g/mol. The molecule has 1 aromatic carbocycles. The summed E-state index contributed by atoms with van der Waals surface area (Å²) in [5, 5.41) is 20.2. The molecular formula is C27H24BrNO8. The molecule has 1 fully saturated rings. The van der Waals surface area contributed by atoms with Gasteiger partial charge in [0, 0.05) is 35.2 Å². The minimum Gasteiger partial charge on any atom is -0.504 e. The van der Waals surface area contributed by atoms with Gasteiger partial charge in [0.05, 0.1) is 29.3 Å². The van der Waals surface area contributed by atoms with Gasteiger partial charge in [-0.25, -0.2) is 0 Å². The van der Waals surface area contributed by atoms with E-state index in [1.54, 1.807) is 25.1 Å². The number of likely N-dealkylation sites (tertiary alicyclic amines) is 1. The summed E-state index contributed by atoms with van der Waals surface area (Å²) in [5.41, 5.74) is 1.56. The van der Waals surface area contributed by atoms with Gasteiger partial charge in [0.1, 0.15) is 0 Å². The number of aliphatic carboxylic acids is 1. The molecule has 1 aliphatic heterocycles. The molecule has 192 valence electrons. The Hall–Kier alpha value is -3.53. The maximum Gasteiger partial charge on any atom is 0.305 e. The molecule has 37 heavy (non-hydrogen) atoms. The van der Waals surface area contributed by atoms with Crippen molar-refractivity contribution in [3.05, 3.63) is 57.1 Å². The summed E-state index contributed by atoms with van der Waals surface area (Å²) in [7, 11) is 0. The van der Waals surface area contributed by atoms with Crippen LogP contribution in [0, 0.1) is 17.8 Å². The van der Waals surface area contributed by atoms with Crippen LogP contribution in [-0.2, 0) is 24.0 Å². The van der Waals surface area contributed by atoms with E-state index in [1.165, 1.54) is 6.08 Å². The van der Waals surface area contributed by atoms with Crippen LogP contribution in [0.5, 0.6) is 11.5 Å². The van der Waals surface area contributed by atoms with Crippen molar-refractivity contribution in [3.8, 4) is 11.5 Å². The van der Waals surface area contributed by atoms with Crippen molar-refractivity contribution in [2.24, 2.45) is 17.8 Å². The number of phenolic OH excluding ortho intramolecular Hbond substituents is 1. The number of fused-ring (bicyclic) bond motifs is 3. The van der Waals surface area contributed by atoms with Crippen LogP contribution in [0.2, 0.25) is 0 Å². The van der Waals surface area contributed by atoms with Crippen molar-refractivity contribution < 1.29 is 38.9 Å². The maximum atomic E-state index is 13.5. The number of carboxylic acids is 1. The van der Waals surface area contributed by atoms with Gasteiger partial charge < -0.3 is 14.9 Å². The molecule has 4 atom stereocenters. The van der Waals surface area contributed by atoms with Crippen LogP contribution < -0.4 is 4.74 Å². The Morgan fingerprint density at radius 1 is 1.16 bits per heavy atom. The number of Topliss-reactive ketones (excluding diaryl/α,β-unsaturated/α-hetero) is 1. The molecule has 0 bridgehead atoms. The highest BCUT2D eigenvalue weighted by Crippen LogP contribution is 2.56. The van der Waals surface area contributed by atoms with E-state index in [2.05, 4.69) is 15.9 Å². The average Bonchev–Trinajstić information content (AvgIpc) is 3.11. The number of hydrogen-bond acceptors (Lipinski definition) is 7. The van der Waals surface area contributed by atoms with Crippen LogP contribution in [-0.4, -0.2) is 57.6 Å². The largest absolute Gasteiger partial charge is 0.504 e. The van der Waals surface area contributed by atoms with E-state index in [0.29, 0.717) is 17.7 Å². The molecule has 1 heterocycles. The fourth-order valence-corrected chi connectivity index (χ4v) is 6.55. The van der Waals surface area contributed by atoms with Gasteiger partial charge in [-0.3, -0.25) is 28.9 Å². The van der Waals surface area contributed by atoms with E-state index in [1.807, 2.05) is 6.08 Å². The van der Waals surface area contributed by atoms with E-state index in [9.17, 15) is 29.1 Å². The number of amides is 2. The first-order valence-electron chi connectivity index (χ1n) is 12.1. The van der Waals surface area contributed by atoms with Crippen LogP contribution in [0.15, 0.2) is 51.6 Å². The Morgan fingerprint density at radius 3 is 2.62 bits per heavy atom. The molecule has 0 aromatic heterocycles. The van der Waals surface area contributed by atoms with Crippen molar-refractivity contribution in [3.63, 3.8) is 0 Å². The molecule has 10 heteroatoms. The molecular weight excluding hydrogens is 546 g/mol. The number of nitrogens with zero attached hydrogens (tertiary/aromatic N) is 1. The van der Waals surface area contributed by atoms with Gasteiger partial charge in [-0.15, -0.1) is 0 Å². The zero-order valence-corrected chi connectivity index (χ0v) is 21.5. The number of ketones is 2. The fraction of sp³-hybridized carbons (Fsp3) is 0.370. The Morgan fingerprint density at radius 2 is 1.92 bits per heavy atom. The van der Waals surface area contributed by atoms with Crippen molar-refractivity contribution >= 4 is 45.3 Å². The van der Waals surface area contributed by atoms with Crippen molar-refractivity contribution in [1.29, 1.82) is 0 Å². The normalized spacial score (nSPS) is 26.9. The Balaban J connectivity index is 1.64. The van der Waals surface area contributed by atoms with Crippen LogP contribution >= 0.6 is 15.9 Å². The van der Waals surface area contributed by atoms with Gasteiger partial charge in [-0.05, 0) is 47.7 Å². The van der Waals surface area contributed by atoms with E-state index in [4.69, 9.17) is 9.84 Å². The minimum absolute atomic E-state index is 0.0874. The molecule has 2 N–H and O–H groups in total. The Bertz CT molecular complexity index is 1360. The van der Waals surface area contributed by atoms with Gasteiger partial charge in [0.25, 0.3) is 0 Å². The third kappa shape index (κ3) is 3.94. The number of allylic oxidation sites excluding steroid dienone is 6. The number of carbonyl (C=O) groups excluding carboxylic acids is 4. The minimum atomic E-state index is -1.12. The number of phenols is 1. The summed E-state index contributed by atoms with van der Waals surface area (Å²) in [4.78, 5) is 65.2. The number of ether oxygens (including phenoxy) is 1. The topological polar surface area (TPSA) is 138 Å². The highest BCUT2D eigenvalue weighted by Gasteiger charge is 2.56. The third-order valence-corrected chi connectivity index (χ3v) is 8.20. The lowest BCUT2D eigenvalue weighted by molar-refractivity contribution is -0.142. The van der Waals surface area contributed by atoms with Gasteiger partial charge in [-0.1, -0.05) is 23.8 Å². The highest BCUT2D eigenvalue weighted by atomic mass is 79.9. The van der Waals surface area contributed by atoms with Crippen LogP contribution in [0.25, 0.3) is 0 Å². The molecule has 2 amide bonds. The summed E-state index contributed by atoms with van der Waals surface area (Å²) >= 11 is 3.18. The first-order chi connectivity index (χ1) is 17.6. The lowest BCUT2D eigenvalue weighted by atomic mass is 9.59. The third-order valence-electron chi connectivity index (χ3n) is 7.61. The predicted molar refractivity (Wildman–Crippen MR) is 133 cm³/mol. The number of benzene rings is 1. The fourth-order valence-electron chi connectivity index (χ4n) is 6.10. The van der Waals surface area contributed by atoms with Gasteiger partial charge in [0.2, 0.25) is 11.8 Å². The Labute approximate surface area is 220 Å². The maximum absolute atomic E-state index is 13.5. The van der Waals surface area contributed by atoms with Crippen molar-refractivity contribution in [2.45, 2.75) is 32.1 Å².